The van der Waals surface area contributed by atoms with Crippen molar-refractivity contribution >= 4 is 0 Å². The molecule has 152 valence electrons. The van der Waals surface area contributed by atoms with Gasteiger partial charge in [0.05, 0.1) is 0 Å². The van der Waals surface area contributed by atoms with Crippen molar-refractivity contribution in [1.82, 2.24) is 0 Å². The Balaban J connectivity index is 5.64. The largest absolute Gasteiger partial charge is 0.384 e. The highest BCUT2D eigenvalue weighted by atomic mass is 19.4. The molecular weight excluding hydrogens is 398 g/mol. The zero-order chi connectivity index (χ0) is 20.7. The van der Waals surface area contributed by atoms with Crippen molar-refractivity contribution in [1.29, 1.82) is 0 Å². The van der Waals surface area contributed by atoms with Gasteiger partial charge in [-0.1, -0.05) is 6.92 Å². The van der Waals surface area contributed by atoms with Crippen LogP contribution in [0.15, 0.2) is 0 Å². The second-order valence-electron chi connectivity index (χ2n) is 5.04. The van der Waals surface area contributed by atoms with Gasteiger partial charge in [-0.05, 0) is 0 Å². The van der Waals surface area contributed by atoms with Crippen LogP contribution in [-0.4, -0.2) is 42.0 Å². The van der Waals surface area contributed by atoms with Gasteiger partial charge in [-0.25, -0.2) is 8.78 Å². The molecule has 0 aliphatic carbocycles. The molecule has 0 rings (SSSR count). The van der Waals surface area contributed by atoms with Crippen LogP contribution in [0.4, 0.5) is 61.5 Å². The van der Waals surface area contributed by atoms with Crippen molar-refractivity contribution in [2.45, 2.75) is 68.1 Å². The first kappa shape index (κ1) is 24.0. The monoisotopic (exact) mass is 408 g/mol. The maximum Gasteiger partial charge on any atom is 0.384 e. The van der Waals surface area contributed by atoms with Crippen molar-refractivity contribution in [3.63, 3.8) is 0 Å². The zero-order valence-electron chi connectivity index (χ0n) is 12.0. The lowest BCUT2D eigenvalue weighted by Gasteiger charge is -2.37. The van der Waals surface area contributed by atoms with E-state index >= 15 is 0 Å². The summed E-state index contributed by atoms with van der Waals surface area (Å²) in [5.41, 5.74) is 0. The predicted molar refractivity (Wildman–Crippen MR) is 55.2 cm³/mol. The normalized spacial score (nSPS) is 15.8. The topological polar surface area (TPSA) is 0 Å². The van der Waals surface area contributed by atoms with Crippen LogP contribution < -0.4 is 0 Å². The van der Waals surface area contributed by atoms with E-state index in [0.29, 0.717) is 6.92 Å². The molecule has 0 aromatic rings. The third-order valence-corrected chi connectivity index (χ3v) is 3.28. The maximum absolute atomic E-state index is 13.1. The van der Waals surface area contributed by atoms with Crippen molar-refractivity contribution in [3.8, 4) is 0 Å². The van der Waals surface area contributed by atoms with Crippen LogP contribution in [-0.2, 0) is 0 Å². The molecular formula is C11H10F14. The van der Waals surface area contributed by atoms with Gasteiger partial charge >= 0.3 is 42.0 Å². The quantitative estimate of drug-likeness (QED) is 0.396. The fourth-order valence-electron chi connectivity index (χ4n) is 1.49. The fourth-order valence-corrected chi connectivity index (χ4v) is 1.49. The minimum atomic E-state index is -7.35. The molecule has 0 nitrogen and oxygen atoms in total. The third-order valence-electron chi connectivity index (χ3n) is 3.28. The Kier molecular flexibility index (Phi) is 6.37. The zero-order valence-corrected chi connectivity index (χ0v) is 12.0. The first-order valence-corrected chi connectivity index (χ1v) is 6.26. The van der Waals surface area contributed by atoms with E-state index in [2.05, 4.69) is 0 Å². The molecule has 0 heterocycles. The average molecular weight is 408 g/mol. The molecule has 0 saturated carbocycles. The molecule has 0 aromatic carbocycles. The van der Waals surface area contributed by atoms with Gasteiger partial charge in [0.2, 0.25) is 0 Å². The number of hydrogen-bond acceptors (Lipinski definition) is 0. The first-order chi connectivity index (χ1) is 10.7. The molecule has 0 amide bonds. The minimum absolute atomic E-state index is 0.470. The van der Waals surface area contributed by atoms with Crippen LogP contribution in [0.3, 0.4) is 0 Å². The van der Waals surface area contributed by atoms with E-state index < -0.39 is 61.2 Å². The van der Waals surface area contributed by atoms with E-state index in [4.69, 9.17) is 0 Å². The van der Waals surface area contributed by atoms with Crippen LogP contribution in [0, 0.1) is 0 Å². The van der Waals surface area contributed by atoms with Crippen LogP contribution in [0.5, 0.6) is 0 Å². The molecule has 0 atom stereocenters. The third kappa shape index (κ3) is 3.91. The smallest absolute Gasteiger partial charge is 0.203 e. The molecule has 0 unspecified atom stereocenters. The summed E-state index contributed by atoms with van der Waals surface area (Å²) in [5.74, 6) is -38.3. The van der Waals surface area contributed by atoms with Crippen molar-refractivity contribution < 1.29 is 61.5 Å². The molecule has 25 heavy (non-hydrogen) atoms. The van der Waals surface area contributed by atoms with Gasteiger partial charge < -0.3 is 0 Å². The van der Waals surface area contributed by atoms with Crippen LogP contribution in [0.2, 0.25) is 0 Å². The van der Waals surface area contributed by atoms with E-state index in [-0.39, 0.29) is 0 Å². The van der Waals surface area contributed by atoms with Gasteiger partial charge in [0.25, 0.3) is 0 Å². The number of alkyl halides is 14. The molecule has 14 heteroatoms. The lowest BCUT2D eigenvalue weighted by atomic mass is 9.93. The summed E-state index contributed by atoms with van der Waals surface area (Å²) in [6.45, 7) is 0.470. The van der Waals surface area contributed by atoms with Gasteiger partial charge in [-0.15, -0.1) is 0 Å². The van der Waals surface area contributed by atoms with E-state index in [1.807, 2.05) is 0 Å². The molecule has 0 radical (unpaired) electrons. The summed E-state index contributed by atoms with van der Waals surface area (Å²) in [7, 11) is 0. The number of halogens is 14. The highest BCUT2D eigenvalue weighted by Gasteiger charge is 2.82. The van der Waals surface area contributed by atoms with E-state index in [1.165, 1.54) is 0 Å². The summed E-state index contributed by atoms with van der Waals surface area (Å²) < 4.78 is 178. The molecule has 0 N–H and O–H groups in total. The molecule has 0 fully saturated rings. The second-order valence-corrected chi connectivity index (χ2v) is 5.04. The average Bonchev–Trinajstić information content (AvgIpc) is 2.44. The molecule has 0 spiro atoms. The Morgan fingerprint density at radius 3 is 1.24 bits per heavy atom. The van der Waals surface area contributed by atoms with Gasteiger partial charge in [-0.2, -0.15) is 52.7 Å². The van der Waals surface area contributed by atoms with Crippen molar-refractivity contribution in [3.05, 3.63) is 0 Å². The van der Waals surface area contributed by atoms with Gasteiger partial charge in [0.15, 0.2) is 0 Å². The Bertz CT molecular complexity index is 452. The molecule has 0 aromatic heterocycles. The highest BCUT2D eigenvalue weighted by Crippen LogP contribution is 2.56. The Labute approximate surface area is 131 Å². The predicted octanol–water partition coefficient (Wildman–Crippen LogP) is 6.25. The summed E-state index contributed by atoms with van der Waals surface area (Å²) in [4.78, 5) is 0. The van der Waals surface area contributed by atoms with E-state index in [0.717, 1.165) is 0 Å². The maximum atomic E-state index is 13.1. The Morgan fingerprint density at radius 1 is 0.560 bits per heavy atom. The summed E-state index contributed by atoms with van der Waals surface area (Å²) in [5, 5.41) is 0. The highest BCUT2D eigenvalue weighted by molar-refractivity contribution is 5.05. The summed E-state index contributed by atoms with van der Waals surface area (Å²) in [6.07, 6.45) is -13.0. The minimum Gasteiger partial charge on any atom is -0.203 e. The van der Waals surface area contributed by atoms with Gasteiger partial charge in [-0.3, -0.25) is 0 Å². The SMILES string of the molecule is CCC(F)(F)C(F)(F)CCC(F)(F)C(F)(F)C(F)(F)C(F)(F)C(F)F. The summed E-state index contributed by atoms with van der Waals surface area (Å²) >= 11 is 0. The summed E-state index contributed by atoms with van der Waals surface area (Å²) in [6, 6.07) is 0. The molecule has 0 saturated heterocycles. The Hall–Kier alpha value is -0.980. The number of hydrogen-bond donors (Lipinski definition) is 0. The van der Waals surface area contributed by atoms with E-state index in [9.17, 15) is 61.5 Å². The van der Waals surface area contributed by atoms with Crippen molar-refractivity contribution in [2.24, 2.45) is 0 Å². The first-order valence-electron chi connectivity index (χ1n) is 6.26. The lowest BCUT2D eigenvalue weighted by molar-refractivity contribution is -0.385. The molecule has 0 bridgehead atoms. The lowest BCUT2D eigenvalue weighted by Crippen LogP contribution is -2.64. The fraction of sp³-hybridized carbons (Fsp3) is 1.00. The molecule has 0 aliphatic heterocycles. The number of rotatable bonds is 9. The Morgan fingerprint density at radius 2 is 0.920 bits per heavy atom. The molecule has 0 aliphatic rings. The van der Waals surface area contributed by atoms with Crippen LogP contribution in [0.25, 0.3) is 0 Å². The van der Waals surface area contributed by atoms with Crippen LogP contribution >= 0.6 is 0 Å². The van der Waals surface area contributed by atoms with Crippen LogP contribution in [0.1, 0.15) is 26.2 Å². The van der Waals surface area contributed by atoms with Gasteiger partial charge in [0.1, 0.15) is 0 Å². The van der Waals surface area contributed by atoms with Crippen molar-refractivity contribution in [2.75, 3.05) is 0 Å². The van der Waals surface area contributed by atoms with Gasteiger partial charge in [0, 0.05) is 19.3 Å². The standard InChI is InChI=1S/C11H10F14/c1-2-6(14,15)7(16,17)3-4-8(18,19)10(22,23)11(24,25)9(20,21)5(12)13/h5H,2-4H2,1H3. The second kappa shape index (κ2) is 6.63. The van der Waals surface area contributed by atoms with E-state index in [1.54, 1.807) is 0 Å².